The highest BCUT2D eigenvalue weighted by Crippen LogP contribution is 2.43. The van der Waals surface area contributed by atoms with E-state index in [1.54, 1.807) is 0 Å². The molecule has 0 rings (SSSR count). The monoisotopic (exact) mass is 848 g/mol. The third kappa shape index (κ3) is 41.2. The fourth-order valence-electron chi connectivity index (χ4n) is 7.07. The van der Waals surface area contributed by atoms with Crippen LogP contribution < -0.4 is 5.73 Å². The van der Waals surface area contributed by atoms with E-state index in [1.807, 2.05) is 0 Å². The first-order chi connectivity index (χ1) is 28.1. The Labute approximate surface area is 355 Å². The molecule has 58 heavy (non-hydrogen) atoms. The zero-order chi connectivity index (χ0) is 42.8. The number of unbranched alkanes of at least 4 members (excludes halogenated alkanes) is 32. The molecule has 4 N–H and O–H groups in total. The first-order valence-electron chi connectivity index (χ1n) is 24.1. The van der Waals surface area contributed by atoms with Crippen LogP contribution in [0.4, 0.5) is 0 Å². The van der Waals surface area contributed by atoms with Gasteiger partial charge in [0.15, 0.2) is 6.10 Å². The summed E-state index contributed by atoms with van der Waals surface area (Å²) in [4.78, 5) is 46.0. The van der Waals surface area contributed by atoms with Crippen LogP contribution in [-0.4, -0.2) is 59.9 Å². The predicted octanol–water partition coefficient (Wildman–Crippen LogP) is 13.1. The van der Waals surface area contributed by atoms with Gasteiger partial charge in [0.25, 0.3) is 0 Å². The number of hydrogen-bond acceptors (Lipinski definition) is 9. The molecule has 0 aliphatic carbocycles. The minimum atomic E-state index is -4.71. The highest BCUT2D eigenvalue weighted by molar-refractivity contribution is 7.47. The molecule has 0 aromatic rings. The quantitative estimate of drug-likeness (QED) is 0.0302. The number of rotatable bonds is 46. The minimum Gasteiger partial charge on any atom is -0.480 e. The molecule has 0 saturated carbocycles. The van der Waals surface area contributed by atoms with Crippen molar-refractivity contribution >= 4 is 25.7 Å². The molecule has 0 aliphatic heterocycles. The number of carbonyl (C=O) groups excluding carboxylic acids is 2. The van der Waals surface area contributed by atoms with Gasteiger partial charge in [0.2, 0.25) is 0 Å². The molecule has 11 nitrogen and oxygen atoms in total. The van der Waals surface area contributed by atoms with Gasteiger partial charge in [0.05, 0.1) is 13.2 Å². The Morgan fingerprint density at radius 1 is 0.466 bits per heavy atom. The average molecular weight is 848 g/mol. The summed E-state index contributed by atoms with van der Waals surface area (Å²) in [5.41, 5.74) is 5.34. The van der Waals surface area contributed by atoms with Gasteiger partial charge in [-0.3, -0.25) is 23.4 Å². The van der Waals surface area contributed by atoms with E-state index in [2.05, 4.69) is 18.4 Å². The van der Waals surface area contributed by atoms with Crippen molar-refractivity contribution in [3.8, 4) is 0 Å². The first-order valence-corrected chi connectivity index (χ1v) is 25.6. The molecule has 0 heterocycles. The summed E-state index contributed by atoms with van der Waals surface area (Å²) in [6.07, 6.45) is 41.7. The Morgan fingerprint density at radius 2 is 0.759 bits per heavy atom. The van der Waals surface area contributed by atoms with Crippen LogP contribution in [0.1, 0.15) is 245 Å². The second-order valence-corrected chi connectivity index (χ2v) is 18.1. The summed E-state index contributed by atoms with van der Waals surface area (Å²) in [5.74, 6) is -2.36. The zero-order valence-corrected chi connectivity index (χ0v) is 38.3. The molecule has 0 spiro atoms. The maximum Gasteiger partial charge on any atom is 0.472 e. The Hall–Kier alpha value is -1.52. The number of carbonyl (C=O) groups is 3. The van der Waals surface area contributed by atoms with Crippen molar-refractivity contribution in [3.05, 3.63) is 0 Å². The van der Waals surface area contributed by atoms with Crippen LogP contribution in [0.3, 0.4) is 0 Å². The maximum atomic E-state index is 12.7. The van der Waals surface area contributed by atoms with Gasteiger partial charge in [0.1, 0.15) is 12.6 Å². The molecular weight excluding hydrogens is 757 g/mol. The van der Waals surface area contributed by atoms with Crippen LogP contribution in [0.2, 0.25) is 0 Å². The van der Waals surface area contributed by atoms with E-state index >= 15 is 0 Å². The third-order valence-corrected chi connectivity index (χ3v) is 11.8. The van der Waals surface area contributed by atoms with Gasteiger partial charge in [-0.25, -0.2) is 4.57 Å². The lowest BCUT2D eigenvalue weighted by atomic mass is 10.0. The first kappa shape index (κ1) is 56.5. The lowest BCUT2D eigenvalue weighted by Gasteiger charge is -2.20. The molecular formula is C46H90NO10P. The molecule has 344 valence electrons. The van der Waals surface area contributed by atoms with Crippen LogP contribution in [0.25, 0.3) is 0 Å². The van der Waals surface area contributed by atoms with Crippen molar-refractivity contribution in [2.24, 2.45) is 5.73 Å². The van der Waals surface area contributed by atoms with Gasteiger partial charge >= 0.3 is 25.7 Å². The van der Waals surface area contributed by atoms with Crippen molar-refractivity contribution in [2.45, 2.75) is 257 Å². The van der Waals surface area contributed by atoms with Gasteiger partial charge in [-0.05, 0) is 12.8 Å². The molecule has 0 aromatic heterocycles. The van der Waals surface area contributed by atoms with Crippen molar-refractivity contribution in [3.63, 3.8) is 0 Å². The molecule has 0 fully saturated rings. The lowest BCUT2D eigenvalue weighted by molar-refractivity contribution is -0.161. The minimum absolute atomic E-state index is 0.170. The van der Waals surface area contributed by atoms with Gasteiger partial charge in [-0.15, -0.1) is 0 Å². The van der Waals surface area contributed by atoms with E-state index in [-0.39, 0.29) is 19.4 Å². The lowest BCUT2D eigenvalue weighted by Crippen LogP contribution is -2.34. The fourth-order valence-corrected chi connectivity index (χ4v) is 7.85. The molecule has 0 aliphatic rings. The van der Waals surface area contributed by atoms with Crippen molar-refractivity contribution < 1.29 is 47.5 Å². The van der Waals surface area contributed by atoms with Gasteiger partial charge in [0, 0.05) is 12.8 Å². The number of aliphatic carboxylic acids is 1. The summed E-state index contributed by atoms with van der Waals surface area (Å²) in [5, 5.41) is 8.90. The number of phosphoric ester groups is 1. The number of ether oxygens (including phenoxy) is 2. The summed E-state index contributed by atoms with van der Waals surface area (Å²) in [6, 6.07) is -1.52. The fraction of sp³-hybridized carbons (Fsp3) is 0.935. The Kier molecular flexibility index (Phi) is 41.1. The van der Waals surface area contributed by atoms with Gasteiger partial charge < -0.3 is 25.2 Å². The zero-order valence-electron chi connectivity index (χ0n) is 37.4. The van der Waals surface area contributed by atoms with E-state index in [0.29, 0.717) is 12.8 Å². The molecule has 0 amide bonds. The Morgan fingerprint density at radius 3 is 1.09 bits per heavy atom. The number of carboxylic acid groups (broad SMARTS) is 1. The highest BCUT2D eigenvalue weighted by Gasteiger charge is 2.28. The van der Waals surface area contributed by atoms with E-state index in [0.717, 1.165) is 38.5 Å². The maximum absolute atomic E-state index is 12.7. The summed E-state index contributed by atoms with van der Waals surface area (Å²) in [6.45, 7) is 2.84. The van der Waals surface area contributed by atoms with Gasteiger partial charge in [-0.1, -0.05) is 219 Å². The second-order valence-electron chi connectivity index (χ2n) is 16.6. The second kappa shape index (κ2) is 42.2. The standard InChI is InChI=1S/C46H90NO10P/c1-3-5-7-9-11-13-15-17-18-19-20-21-22-23-24-25-26-28-30-32-34-36-38-45(49)57-42(40-55-58(52,53)56-41-43(47)46(50)51)39-54-44(48)37-35-33-31-29-27-16-14-12-10-8-6-4-2/h42-43H,3-41,47H2,1-2H3,(H,50,51)(H,52,53). The van der Waals surface area contributed by atoms with Crippen LogP contribution in [-0.2, 0) is 37.5 Å². The summed E-state index contributed by atoms with van der Waals surface area (Å²) >= 11 is 0. The van der Waals surface area contributed by atoms with Crippen molar-refractivity contribution in [1.82, 2.24) is 0 Å². The topological polar surface area (TPSA) is 172 Å². The van der Waals surface area contributed by atoms with Crippen LogP contribution in [0.5, 0.6) is 0 Å². The predicted molar refractivity (Wildman–Crippen MR) is 236 cm³/mol. The Balaban J connectivity index is 4.18. The van der Waals surface area contributed by atoms with Gasteiger partial charge in [-0.2, -0.15) is 0 Å². The Bertz CT molecular complexity index is 1000. The van der Waals surface area contributed by atoms with E-state index in [4.69, 9.17) is 24.8 Å². The number of carboxylic acids is 1. The van der Waals surface area contributed by atoms with Crippen LogP contribution in [0.15, 0.2) is 0 Å². The normalized spacial score (nSPS) is 13.6. The smallest absolute Gasteiger partial charge is 0.472 e. The van der Waals surface area contributed by atoms with E-state index in [9.17, 15) is 23.8 Å². The van der Waals surface area contributed by atoms with Crippen LogP contribution in [0, 0.1) is 0 Å². The molecule has 3 atom stereocenters. The number of nitrogens with two attached hydrogens (primary N) is 1. The summed E-state index contributed by atoms with van der Waals surface area (Å²) < 4.78 is 32.8. The average Bonchev–Trinajstić information content (AvgIpc) is 3.20. The number of esters is 2. The molecule has 0 saturated heterocycles. The largest absolute Gasteiger partial charge is 0.480 e. The SMILES string of the molecule is CCCCCCCCCCCCCCCCCCCCCCCCC(=O)OC(COC(=O)CCCCCCCCCCCCCC)COP(=O)(O)OCC(N)C(=O)O. The number of hydrogen-bond donors (Lipinski definition) is 3. The summed E-state index contributed by atoms with van der Waals surface area (Å²) in [7, 11) is -4.71. The number of phosphoric acid groups is 1. The van der Waals surface area contributed by atoms with E-state index in [1.165, 1.54) is 167 Å². The van der Waals surface area contributed by atoms with Crippen molar-refractivity contribution in [2.75, 3.05) is 19.8 Å². The molecule has 0 radical (unpaired) electrons. The third-order valence-electron chi connectivity index (χ3n) is 10.9. The van der Waals surface area contributed by atoms with Crippen molar-refractivity contribution in [1.29, 1.82) is 0 Å². The van der Waals surface area contributed by atoms with E-state index < -0.39 is 51.1 Å². The molecule has 3 unspecified atom stereocenters. The highest BCUT2D eigenvalue weighted by atomic mass is 31.2. The van der Waals surface area contributed by atoms with Crippen LogP contribution >= 0.6 is 7.82 Å². The molecule has 0 aromatic carbocycles. The molecule has 12 heteroatoms. The molecule has 0 bridgehead atoms.